The van der Waals surface area contributed by atoms with E-state index < -0.39 is 0 Å². The number of carbonyl (C=O) groups excluding carboxylic acids is 1. The summed E-state index contributed by atoms with van der Waals surface area (Å²) >= 11 is 0. The van der Waals surface area contributed by atoms with Crippen molar-refractivity contribution in [3.8, 4) is 12.3 Å². The maximum atomic E-state index is 11.4. The predicted octanol–water partition coefficient (Wildman–Crippen LogP) is 0.902. The number of carbonyl (C=O) groups is 1. The van der Waals surface area contributed by atoms with Crippen LogP contribution in [0.5, 0.6) is 0 Å². The Morgan fingerprint density at radius 1 is 1.50 bits per heavy atom. The van der Waals surface area contributed by atoms with Gasteiger partial charge >= 0.3 is 0 Å². The van der Waals surface area contributed by atoms with Gasteiger partial charge in [0.25, 0.3) is 0 Å². The lowest BCUT2D eigenvalue weighted by Crippen LogP contribution is -2.46. The SMILES string of the molecule is C#CC(CCC)NC(C)C(=O)NCC. The first-order valence-electron chi connectivity index (χ1n) is 5.15. The van der Waals surface area contributed by atoms with E-state index in [9.17, 15) is 4.79 Å². The molecule has 0 aromatic heterocycles. The van der Waals surface area contributed by atoms with E-state index in [1.807, 2.05) is 13.8 Å². The summed E-state index contributed by atoms with van der Waals surface area (Å²) in [4.78, 5) is 11.4. The van der Waals surface area contributed by atoms with Crippen LogP contribution >= 0.6 is 0 Å². The molecule has 0 radical (unpaired) electrons. The molecule has 0 rings (SSSR count). The Morgan fingerprint density at radius 2 is 2.14 bits per heavy atom. The normalized spacial score (nSPS) is 14.1. The molecule has 0 aliphatic carbocycles. The summed E-state index contributed by atoms with van der Waals surface area (Å²) in [6, 6.07) is -0.222. The second-order valence-electron chi connectivity index (χ2n) is 3.29. The zero-order valence-corrected chi connectivity index (χ0v) is 9.26. The quantitative estimate of drug-likeness (QED) is 0.620. The van der Waals surface area contributed by atoms with Crippen molar-refractivity contribution in [3.63, 3.8) is 0 Å². The third kappa shape index (κ3) is 4.88. The predicted molar refractivity (Wildman–Crippen MR) is 58.8 cm³/mol. The molecule has 1 amide bonds. The summed E-state index contributed by atoms with van der Waals surface area (Å²) in [5.41, 5.74) is 0. The molecule has 0 saturated carbocycles. The monoisotopic (exact) mass is 196 g/mol. The van der Waals surface area contributed by atoms with Crippen molar-refractivity contribution in [3.05, 3.63) is 0 Å². The van der Waals surface area contributed by atoms with Gasteiger partial charge in [0, 0.05) is 6.54 Å². The van der Waals surface area contributed by atoms with Crippen LogP contribution in [0.3, 0.4) is 0 Å². The molecule has 0 aliphatic heterocycles. The van der Waals surface area contributed by atoms with E-state index in [1.54, 1.807) is 0 Å². The molecule has 2 atom stereocenters. The molecular weight excluding hydrogens is 176 g/mol. The summed E-state index contributed by atoms with van der Waals surface area (Å²) in [5, 5.41) is 5.85. The third-order valence-corrected chi connectivity index (χ3v) is 1.97. The zero-order chi connectivity index (χ0) is 11.0. The van der Waals surface area contributed by atoms with Crippen molar-refractivity contribution < 1.29 is 4.79 Å². The summed E-state index contributed by atoms with van der Waals surface area (Å²) in [7, 11) is 0. The average Bonchev–Trinajstić information content (AvgIpc) is 2.17. The maximum absolute atomic E-state index is 11.4. The Balaban J connectivity index is 3.96. The fourth-order valence-corrected chi connectivity index (χ4v) is 1.21. The smallest absolute Gasteiger partial charge is 0.236 e. The van der Waals surface area contributed by atoms with Crippen LogP contribution in [0.15, 0.2) is 0 Å². The number of nitrogens with one attached hydrogen (secondary N) is 2. The van der Waals surface area contributed by atoms with Crippen molar-refractivity contribution in [2.45, 2.75) is 45.7 Å². The topological polar surface area (TPSA) is 41.1 Å². The second-order valence-corrected chi connectivity index (χ2v) is 3.29. The zero-order valence-electron chi connectivity index (χ0n) is 9.26. The van der Waals surface area contributed by atoms with E-state index in [0.717, 1.165) is 12.8 Å². The Bertz CT molecular complexity index is 208. The van der Waals surface area contributed by atoms with Gasteiger partial charge in [-0.25, -0.2) is 0 Å². The molecule has 0 bridgehead atoms. The number of amides is 1. The third-order valence-electron chi connectivity index (χ3n) is 1.97. The first kappa shape index (κ1) is 13.0. The van der Waals surface area contributed by atoms with Gasteiger partial charge in [0.05, 0.1) is 12.1 Å². The molecule has 2 N–H and O–H groups in total. The first-order valence-corrected chi connectivity index (χ1v) is 5.15. The van der Waals surface area contributed by atoms with E-state index in [2.05, 4.69) is 23.5 Å². The van der Waals surface area contributed by atoms with Gasteiger partial charge in [-0.3, -0.25) is 10.1 Å². The highest BCUT2D eigenvalue weighted by atomic mass is 16.2. The average molecular weight is 196 g/mol. The van der Waals surface area contributed by atoms with Crippen LogP contribution in [0, 0.1) is 12.3 Å². The van der Waals surface area contributed by atoms with Crippen LogP contribution in [0.4, 0.5) is 0 Å². The maximum Gasteiger partial charge on any atom is 0.236 e. The van der Waals surface area contributed by atoms with Gasteiger partial charge in [0.2, 0.25) is 5.91 Å². The Morgan fingerprint density at radius 3 is 2.57 bits per heavy atom. The number of likely N-dealkylation sites (N-methyl/N-ethyl adjacent to an activating group) is 1. The van der Waals surface area contributed by atoms with Crippen LogP contribution in [-0.4, -0.2) is 24.5 Å². The summed E-state index contributed by atoms with van der Waals surface area (Å²) in [5.74, 6) is 2.64. The standard InChI is InChI=1S/C11H20N2O/c1-5-8-10(6-2)13-9(4)11(14)12-7-3/h2,9-10,13H,5,7-8H2,1,3-4H3,(H,12,14). The minimum absolute atomic E-state index is 0.00222. The van der Waals surface area contributed by atoms with Crippen molar-refractivity contribution in [2.75, 3.05) is 6.54 Å². The summed E-state index contributed by atoms with van der Waals surface area (Å²) in [6.07, 6.45) is 7.26. The Hall–Kier alpha value is -1.01. The molecule has 0 aromatic rings. The Labute approximate surface area is 86.6 Å². The lowest BCUT2D eigenvalue weighted by atomic mass is 10.1. The molecule has 3 heteroatoms. The minimum Gasteiger partial charge on any atom is -0.355 e. The molecule has 14 heavy (non-hydrogen) atoms. The van der Waals surface area contributed by atoms with Crippen molar-refractivity contribution in [2.24, 2.45) is 0 Å². The van der Waals surface area contributed by atoms with Gasteiger partial charge in [-0.1, -0.05) is 19.3 Å². The fourth-order valence-electron chi connectivity index (χ4n) is 1.21. The molecule has 0 heterocycles. The van der Waals surface area contributed by atoms with Crippen LogP contribution in [0.25, 0.3) is 0 Å². The molecule has 0 fully saturated rings. The lowest BCUT2D eigenvalue weighted by Gasteiger charge is -2.17. The molecule has 3 nitrogen and oxygen atoms in total. The van der Waals surface area contributed by atoms with Crippen LogP contribution in [0.1, 0.15) is 33.6 Å². The number of terminal acetylenes is 1. The van der Waals surface area contributed by atoms with Crippen LogP contribution in [-0.2, 0) is 4.79 Å². The van der Waals surface area contributed by atoms with Gasteiger partial charge in [-0.05, 0) is 20.3 Å². The molecule has 2 unspecified atom stereocenters. The minimum atomic E-state index is -0.220. The van der Waals surface area contributed by atoms with Gasteiger partial charge < -0.3 is 5.32 Å². The molecule has 0 aliphatic rings. The van der Waals surface area contributed by atoms with Gasteiger partial charge in [0.15, 0.2) is 0 Å². The molecule has 0 spiro atoms. The Kier molecular flexibility index (Phi) is 6.87. The lowest BCUT2D eigenvalue weighted by molar-refractivity contribution is -0.122. The highest BCUT2D eigenvalue weighted by molar-refractivity contribution is 5.81. The summed E-state index contributed by atoms with van der Waals surface area (Å²) in [6.45, 7) is 6.45. The number of rotatable bonds is 6. The number of hydrogen-bond acceptors (Lipinski definition) is 2. The van der Waals surface area contributed by atoms with Crippen molar-refractivity contribution in [1.82, 2.24) is 10.6 Å². The highest BCUT2D eigenvalue weighted by Crippen LogP contribution is 1.96. The van der Waals surface area contributed by atoms with E-state index in [-0.39, 0.29) is 18.0 Å². The van der Waals surface area contributed by atoms with E-state index in [1.165, 1.54) is 0 Å². The first-order chi connectivity index (χ1) is 6.65. The van der Waals surface area contributed by atoms with Gasteiger partial charge in [-0.2, -0.15) is 0 Å². The molecule has 0 saturated heterocycles. The number of hydrogen-bond donors (Lipinski definition) is 2. The summed E-state index contributed by atoms with van der Waals surface area (Å²) < 4.78 is 0. The van der Waals surface area contributed by atoms with E-state index in [0.29, 0.717) is 6.54 Å². The van der Waals surface area contributed by atoms with E-state index in [4.69, 9.17) is 6.42 Å². The van der Waals surface area contributed by atoms with Crippen molar-refractivity contribution in [1.29, 1.82) is 0 Å². The molecule has 0 aromatic carbocycles. The highest BCUT2D eigenvalue weighted by Gasteiger charge is 2.14. The van der Waals surface area contributed by atoms with Gasteiger partial charge in [-0.15, -0.1) is 6.42 Å². The fraction of sp³-hybridized carbons (Fsp3) is 0.727. The second kappa shape index (κ2) is 7.40. The van der Waals surface area contributed by atoms with E-state index >= 15 is 0 Å². The molecule has 80 valence electrons. The van der Waals surface area contributed by atoms with Gasteiger partial charge in [0.1, 0.15) is 0 Å². The largest absolute Gasteiger partial charge is 0.355 e. The molecular formula is C11H20N2O. The van der Waals surface area contributed by atoms with Crippen LogP contribution in [0.2, 0.25) is 0 Å². The van der Waals surface area contributed by atoms with Crippen molar-refractivity contribution >= 4 is 5.91 Å². The van der Waals surface area contributed by atoms with Crippen LogP contribution < -0.4 is 10.6 Å².